The lowest BCUT2D eigenvalue weighted by Crippen LogP contribution is -2.34. The van der Waals surface area contributed by atoms with Crippen LogP contribution in [0.4, 0.5) is 0 Å². The predicted octanol–water partition coefficient (Wildman–Crippen LogP) is 5.72. The second-order valence-corrected chi connectivity index (χ2v) is 7.80. The highest BCUT2D eigenvalue weighted by Gasteiger charge is 2.22. The Bertz CT molecular complexity index is 1060. The summed E-state index contributed by atoms with van der Waals surface area (Å²) in [6.07, 6.45) is 7.74. The van der Waals surface area contributed by atoms with Crippen LogP contribution in [0.5, 0.6) is 5.75 Å². The van der Waals surface area contributed by atoms with Crippen molar-refractivity contribution >= 4 is 34.2 Å². The number of likely N-dealkylation sites (tertiary alicyclic amines) is 1. The molecule has 0 aliphatic carbocycles. The van der Waals surface area contributed by atoms with Crippen molar-refractivity contribution in [3.8, 4) is 5.75 Å². The SMILES string of the molecule is Cl.c1cc(OCCCN2CCC(c3c[nH]c4ccccc34)CC2)c2cc[nH]c2c1. The zero-order chi connectivity index (χ0) is 18.8. The molecule has 1 aliphatic rings. The van der Waals surface area contributed by atoms with Crippen molar-refractivity contribution in [2.24, 2.45) is 0 Å². The molecule has 4 nitrogen and oxygen atoms in total. The van der Waals surface area contributed by atoms with Gasteiger partial charge in [0.15, 0.2) is 0 Å². The van der Waals surface area contributed by atoms with Gasteiger partial charge in [-0.25, -0.2) is 0 Å². The van der Waals surface area contributed by atoms with E-state index in [4.69, 9.17) is 4.74 Å². The number of H-pyrrole nitrogens is 2. The maximum atomic E-state index is 6.05. The first kappa shape index (κ1) is 19.9. The topological polar surface area (TPSA) is 44.0 Å². The Hall–Kier alpha value is -2.43. The van der Waals surface area contributed by atoms with Gasteiger partial charge < -0.3 is 19.6 Å². The molecule has 2 aromatic carbocycles. The molecule has 1 aliphatic heterocycles. The monoisotopic (exact) mass is 409 g/mol. The summed E-state index contributed by atoms with van der Waals surface area (Å²) in [7, 11) is 0. The molecule has 152 valence electrons. The third-order valence-corrected chi connectivity index (χ3v) is 6.08. The fourth-order valence-electron chi connectivity index (χ4n) is 4.55. The van der Waals surface area contributed by atoms with Crippen LogP contribution >= 0.6 is 12.4 Å². The molecule has 0 atom stereocenters. The number of ether oxygens (including phenoxy) is 1. The van der Waals surface area contributed by atoms with Gasteiger partial charge in [0, 0.05) is 40.7 Å². The highest BCUT2D eigenvalue weighted by atomic mass is 35.5. The van der Waals surface area contributed by atoms with Gasteiger partial charge in [-0.2, -0.15) is 0 Å². The van der Waals surface area contributed by atoms with E-state index in [0.29, 0.717) is 5.92 Å². The van der Waals surface area contributed by atoms with Gasteiger partial charge >= 0.3 is 0 Å². The summed E-state index contributed by atoms with van der Waals surface area (Å²) >= 11 is 0. The van der Waals surface area contributed by atoms with E-state index in [0.717, 1.165) is 30.8 Å². The average molecular weight is 410 g/mol. The number of fused-ring (bicyclic) bond motifs is 2. The number of piperidine rings is 1. The Labute approximate surface area is 177 Å². The lowest BCUT2D eigenvalue weighted by atomic mass is 9.89. The highest BCUT2D eigenvalue weighted by molar-refractivity contribution is 5.86. The Kier molecular flexibility index (Phi) is 6.12. The molecule has 3 heterocycles. The quantitative estimate of drug-likeness (QED) is 0.400. The Balaban J connectivity index is 0.00000205. The minimum atomic E-state index is 0. The zero-order valence-corrected chi connectivity index (χ0v) is 17.4. The standard InChI is InChI=1S/C24H27N3O.ClH/c1-2-6-22-19(5-1)21(17-26-22)18-10-14-27(15-11-18)13-4-16-28-24-8-3-7-23-20(24)9-12-25-23;/h1-3,5-9,12,17-18,25-26H,4,10-11,13-16H2;1H. The van der Waals surface area contributed by atoms with Gasteiger partial charge in [0.1, 0.15) is 5.75 Å². The van der Waals surface area contributed by atoms with E-state index in [9.17, 15) is 0 Å². The molecule has 29 heavy (non-hydrogen) atoms. The Morgan fingerprint density at radius 3 is 2.59 bits per heavy atom. The molecule has 0 amide bonds. The summed E-state index contributed by atoms with van der Waals surface area (Å²) in [5, 5.41) is 2.57. The zero-order valence-electron chi connectivity index (χ0n) is 16.6. The van der Waals surface area contributed by atoms with Crippen LogP contribution in [-0.4, -0.2) is 41.1 Å². The minimum Gasteiger partial charge on any atom is -0.493 e. The van der Waals surface area contributed by atoms with Crippen molar-refractivity contribution in [2.75, 3.05) is 26.2 Å². The first-order valence-electron chi connectivity index (χ1n) is 10.4. The number of aromatic nitrogens is 2. The molecule has 1 fully saturated rings. The number of benzene rings is 2. The van der Waals surface area contributed by atoms with Gasteiger partial charge in [0.25, 0.3) is 0 Å². The molecule has 5 rings (SSSR count). The fourth-order valence-corrected chi connectivity index (χ4v) is 4.55. The van der Waals surface area contributed by atoms with Crippen LogP contribution in [0.2, 0.25) is 0 Å². The molecule has 0 bridgehead atoms. The summed E-state index contributed by atoms with van der Waals surface area (Å²) in [4.78, 5) is 9.26. The molecule has 4 aromatic rings. The number of hydrogen-bond acceptors (Lipinski definition) is 2. The molecule has 2 N–H and O–H groups in total. The van der Waals surface area contributed by atoms with Gasteiger partial charge in [-0.15, -0.1) is 12.4 Å². The molecule has 0 spiro atoms. The molecular weight excluding hydrogens is 382 g/mol. The van der Waals surface area contributed by atoms with Gasteiger partial charge in [0.2, 0.25) is 0 Å². The Morgan fingerprint density at radius 1 is 0.897 bits per heavy atom. The van der Waals surface area contributed by atoms with Crippen molar-refractivity contribution in [1.29, 1.82) is 0 Å². The molecule has 0 radical (unpaired) electrons. The van der Waals surface area contributed by atoms with Crippen molar-refractivity contribution < 1.29 is 4.74 Å². The summed E-state index contributed by atoms with van der Waals surface area (Å²) in [6.45, 7) is 4.24. The van der Waals surface area contributed by atoms with Crippen LogP contribution in [0.25, 0.3) is 21.8 Å². The van der Waals surface area contributed by atoms with Crippen LogP contribution in [-0.2, 0) is 0 Å². The van der Waals surface area contributed by atoms with Gasteiger partial charge in [-0.1, -0.05) is 24.3 Å². The van der Waals surface area contributed by atoms with Crippen molar-refractivity contribution in [1.82, 2.24) is 14.9 Å². The lowest BCUT2D eigenvalue weighted by molar-refractivity contribution is 0.193. The normalized spacial score (nSPS) is 15.6. The number of rotatable bonds is 6. The molecule has 2 aromatic heterocycles. The summed E-state index contributed by atoms with van der Waals surface area (Å²) in [5.41, 5.74) is 3.89. The summed E-state index contributed by atoms with van der Waals surface area (Å²) in [5.74, 6) is 1.66. The maximum Gasteiger partial charge on any atom is 0.128 e. The number of halogens is 1. The second kappa shape index (κ2) is 8.93. The molecule has 1 saturated heterocycles. The van der Waals surface area contributed by atoms with Crippen LogP contribution in [0.15, 0.2) is 60.9 Å². The Morgan fingerprint density at radius 2 is 1.69 bits per heavy atom. The lowest BCUT2D eigenvalue weighted by Gasteiger charge is -2.31. The van der Waals surface area contributed by atoms with Crippen LogP contribution in [0.1, 0.15) is 30.7 Å². The number of para-hydroxylation sites is 1. The van der Waals surface area contributed by atoms with Gasteiger partial charge in [0.05, 0.1) is 6.61 Å². The van der Waals surface area contributed by atoms with E-state index in [1.807, 2.05) is 12.3 Å². The van der Waals surface area contributed by atoms with E-state index in [1.165, 1.54) is 47.8 Å². The molecule has 0 saturated carbocycles. The molecule has 5 heteroatoms. The molecule has 0 unspecified atom stereocenters. The first-order chi connectivity index (χ1) is 13.9. The van der Waals surface area contributed by atoms with Crippen molar-refractivity contribution in [2.45, 2.75) is 25.2 Å². The number of nitrogens with zero attached hydrogens (tertiary/aromatic N) is 1. The number of hydrogen-bond donors (Lipinski definition) is 2. The average Bonchev–Trinajstić information content (AvgIpc) is 3.39. The molecular formula is C24H28ClN3O. The number of nitrogens with one attached hydrogen (secondary N) is 2. The number of aromatic amines is 2. The third-order valence-electron chi connectivity index (χ3n) is 6.08. The maximum absolute atomic E-state index is 6.05. The fraction of sp³-hybridized carbons (Fsp3) is 0.333. The highest BCUT2D eigenvalue weighted by Crippen LogP contribution is 2.33. The van der Waals surface area contributed by atoms with E-state index < -0.39 is 0 Å². The van der Waals surface area contributed by atoms with E-state index in [2.05, 4.69) is 63.5 Å². The second-order valence-electron chi connectivity index (χ2n) is 7.80. The van der Waals surface area contributed by atoms with Crippen LogP contribution in [0, 0.1) is 0 Å². The van der Waals surface area contributed by atoms with Gasteiger partial charge in [-0.3, -0.25) is 0 Å². The first-order valence-corrected chi connectivity index (χ1v) is 10.4. The van der Waals surface area contributed by atoms with E-state index in [-0.39, 0.29) is 12.4 Å². The van der Waals surface area contributed by atoms with Crippen LogP contribution in [0.3, 0.4) is 0 Å². The smallest absolute Gasteiger partial charge is 0.128 e. The van der Waals surface area contributed by atoms with E-state index >= 15 is 0 Å². The predicted molar refractivity (Wildman–Crippen MR) is 122 cm³/mol. The van der Waals surface area contributed by atoms with Gasteiger partial charge in [-0.05, 0) is 68.1 Å². The van der Waals surface area contributed by atoms with E-state index in [1.54, 1.807) is 0 Å². The van der Waals surface area contributed by atoms with Crippen molar-refractivity contribution in [3.05, 3.63) is 66.5 Å². The third kappa shape index (κ3) is 4.14. The largest absolute Gasteiger partial charge is 0.493 e. The summed E-state index contributed by atoms with van der Waals surface area (Å²) < 4.78 is 6.05. The summed E-state index contributed by atoms with van der Waals surface area (Å²) in [6, 6.07) is 16.9. The van der Waals surface area contributed by atoms with Crippen LogP contribution < -0.4 is 4.74 Å². The minimum absolute atomic E-state index is 0. The van der Waals surface area contributed by atoms with Crippen molar-refractivity contribution in [3.63, 3.8) is 0 Å².